The minimum atomic E-state index is -4.42. The molecule has 1 heterocycles. The zero-order valence-electron chi connectivity index (χ0n) is 14.8. The number of hydrogen-bond donors (Lipinski definition) is 2. The van der Waals surface area contributed by atoms with Crippen LogP contribution in [0.3, 0.4) is 0 Å². The van der Waals surface area contributed by atoms with Crippen LogP contribution in [0.25, 0.3) is 11.1 Å². The Morgan fingerprint density at radius 1 is 1.10 bits per heavy atom. The van der Waals surface area contributed by atoms with Gasteiger partial charge in [-0.1, -0.05) is 24.8 Å². The lowest BCUT2D eigenvalue weighted by Gasteiger charge is -2.13. The second-order valence-electron chi connectivity index (χ2n) is 5.88. The number of halogens is 4. The summed E-state index contributed by atoms with van der Waals surface area (Å²) >= 11 is 5.90. The van der Waals surface area contributed by atoms with Gasteiger partial charge in [-0.25, -0.2) is 4.98 Å². The highest BCUT2D eigenvalue weighted by molar-refractivity contribution is 6.28. The van der Waals surface area contributed by atoms with Crippen LogP contribution in [0, 0.1) is 0 Å². The van der Waals surface area contributed by atoms with E-state index in [2.05, 4.69) is 27.2 Å². The minimum absolute atomic E-state index is 0.0284. The van der Waals surface area contributed by atoms with E-state index in [1.54, 1.807) is 24.3 Å². The van der Waals surface area contributed by atoms with Gasteiger partial charge >= 0.3 is 6.18 Å². The quantitative estimate of drug-likeness (QED) is 0.413. The number of carbonyl (C=O) groups excluding carboxylic acids is 1. The Morgan fingerprint density at radius 3 is 2.45 bits per heavy atom. The first kappa shape index (κ1) is 20.3. The molecule has 0 unspecified atom stereocenters. The monoisotopic (exact) mass is 418 g/mol. The molecule has 0 radical (unpaired) electrons. The van der Waals surface area contributed by atoms with Crippen LogP contribution in [-0.2, 0) is 11.0 Å². The van der Waals surface area contributed by atoms with Gasteiger partial charge < -0.3 is 10.6 Å². The Kier molecular flexibility index (Phi) is 5.84. The van der Waals surface area contributed by atoms with E-state index in [-0.39, 0.29) is 11.2 Å². The molecule has 9 heteroatoms. The van der Waals surface area contributed by atoms with Gasteiger partial charge in [0.1, 0.15) is 5.82 Å². The maximum absolute atomic E-state index is 12.8. The van der Waals surface area contributed by atoms with E-state index < -0.39 is 11.7 Å². The van der Waals surface area contributed by atoms with Crippen LogP contribution in [0.15, 0.2) is 67.4 Å². The first-order valence-electron chi connectivity index (χ1n) is 8.27. The third-order valence-electron chi connectivity index (χ3n) is 3.86. The number of rotatable bonds is 5. The number of alkyl halides is 3. The van der Waals surface area contributed by atoms with Gasteiger partial charge in [0.2, 0.25) is 11.2 Å². The van der Waals surface area contributed by atoms with E-state index in [0.29, 0.717) is 28.3 Å². The number of amides is 1. The normalized spacial score (nSPS) is 11.0. The average molecular weight is 419 g/mol. The summed E-state index contributed by atoms with van der Waals surface area (Å²) in [6.45, 7) is 3.39. The van der Waals surface area contributed by atoms with Crippen molar-refractivity contribution in [2.24, 2.45) is 0 Å². The van der Waals surface area contributed by atoms with E-state index in [0.717, 1.165) is 18.2 Å². The van der Waals surface area contributed by atoms with Gasteiger partial charge in [0.15, 0.2) is 0 Å². The Morgan fingerprint density at radius 2 is 1.79 bits per heavy atom. The molecule has 2 N–H and O–H groups in total. The largest absolute Gasteiger partial charge is 0.416 e. The van der Waals surface area contributed by atoms with Crippen molar-refractivity contribution >= 4 is 34.7 Å². The highest BCUT2D eigenvalue weighted by Crippen LogP contribution is 2.33. The van der Waals surface area contributed by atoms with Crippen molar-refractivity contribution in [2.75, 3.05) is 10.6 Å². The maximum atomic E-state index is 12.8. The van der Waals surface area contributed by atoms with Crippen LogP contribution in [0.1, 0.15) is 5.56 Å². The Bertz CT molecular complexity index is 1050. The van der Waals surface area contributed by atoms with Gasteiger partial charge in [0.25, 0.3) is 0 Å². The summed E-state index contributed by atoms with van der Waals surface area (Å²) in [6, 6.07) is 11.4. The molecule has 0 aliphatic heterocycles. The fourth-order valence-corrected chi connectivity index (χ4v) is 2.64. The van der Waals surface area contributed by atoms with Gasteiger partial charge in [-0.15, -0.1) is 0 Å². The van der Waals surface area contributed by atoms with Gasteiger partial charge in [0, 0.05) is 23.1 Å². The van der Waals surface area contributed by atoms with E-state index in [9.17, 15) is 18.0 Å². The Balaban J connectivity index is 1.93. The summed E-state index contributed by atoms with van der Waals surface area (Å²) in [4.78, 5) is 19.5. The van der Waals surface area contributed by atoms with E-state index >= 15 is 0 Å². The Hall–Kier alpha value is -3.39. The van der Waals surface area contributed by atoms with Crippen LogP contribution in [0.2, 0.25) is 5.28 Å². The molecule has 0 saturated heterocycles. The minimum Gasteiger partial charge on any atom is -0.340 e. The molecule has 1 aromatic heterocycles. The molecule has 2 aromatic carbocycles. The summed E-state index contributed by atoms with van der Waals surface area (Å²) in [5, 5.41) is 5.66. The average Bonchev–Trinajstić information content (AvgIpc) is 2.68. The van der Waals surface area contributed by atoms with Crippen molar-refractivity contribution in [1.29, 1.82) is 0 Å². The van der Waals surface area contributed by atoms with Crippen LogP contribution < -0.4 is 10.6 Å². The van der Waals surface area contributed by atoms with Crippen LogP contribution >= 0.6 is 11.6 Å². The summed E-state index contributed by atoms with van der Waals surface area (Å²) in [5.41, 5.74) is 1.29. The van der Waals surface area contributed by atoms with Crippen LogP contribution in [0.5, 0.6) is 0 Å². The number of hydrogen-bond acceptors (Lipinski definition) is 4. The second-order valence-corrected chi connectivity index (χ2v) is 6.21. The number of aromatic nitrogens is 2. The van der Waals surface area contributed by atoms with Gasteiger partial charge in [-0.2, -0.15) is 18.2 Å². The van der Waals surface area contributed by atoms with Crippen molar-refractivity contribution in [3.63, 3.8) is 0 Å². The molecule has 1 amide bonds. The standard InChI is InChI=1S/C20H14ClF3N4O/c1-2-17(29)26-14-4-3-5-15(10-14)27-18-16(11-25-19(21)28-18)12-6-8-13(9-7-12)20(22,23)24/h2-11H,1H2,(H,26,29)(H,25,27,28). The summed E-state index contributed by atoms with van der Waals surface area (Å²) in [7, 11) is 0. The fraction of sp³-hybridized carbons (Fsp3) is 0.0500. The zero-order chi connectivity index (χ0) is 21.0. The molecule has 0 aliphatic rings. The van der Waals surface area contributed by atoms with Crippen molar-refractivity contribution in [3.8, 4) is 11.1 Å². The summed E-state index contributed by atoms with van der Waals surface area (Å²) < 4.78 is 38.4. The molecular weight excluding hydrogens is 405 g/mol. The van der Waals surface area contributed by atoms with Gasteiger partial charge in [-0.3, -0.25) is 4.79 Å². The van der Waals surface area contributed by atoms with Crippen LogP contribution in [0.4, 0.5) is 30.4 Å². The van der Waals surface area contributed by atoms with E-state index in [1.165, 1.54) is 18.3 Å². The highest BCUT2D eigenvalue weighted by atomic mass is 35.5. The predicted molar refractivity (Wildman–Crippen MR) is 106 cm³/mol. The van der Waals surface area contributed by atoms with Crippen LogP contribution in [-0.4, -0.2) is 15.9 Å². The molecular formula is C20H14ClF3N4O. The SMILES string of the molecule is C=CC(=O)Nc1cccc(Nc2nc(Cl)ncc2-c2ccc(C(F)(F)F)cc2)c1. The Labute approximate surface area is 169 Å². The fourth-order valence-electron chi connectivity index (χ4n) is 2.51. The number of nitrogens with one attached hydrogen (secondary N) is 2. The first-order valence-corrected chi connectivity index (χ1v) is 8.65. The second kappa shape index (κ2) is 8.32. The predicted octanol–water partition coefficient (Wildman–Crippen LogP) is 5.68. The lowest BCUT2D eigenvalue weighted by molar-refractivity contribution is -0.137. The number of anilines is 3. The summed E-state index contributed by atoms with van der Waals surface area (Å²) in [6.07, 6.45) is -1.86. The molecule has 148 valence electrons. The molecule has 0 bridgehead atoms. The van der Waals surface area contributed by atoms with Gasteiger partial charge in [0.05, 0.1) is 5.56 Å². The summed E-state index contributed by atoms with van der Waals surface area (Å²) in [5.74, 6) is -0.0605. The lowest BCUT2D eigenvalue weighted by Crippen LogP contribution is -2.07. The third-order valence-corrected chi connectivity index (χ3v) is 4.04. The molecule has 0 aliphatic carbocycles. The van der Waals surface area contributed by atoms with Crippen molar-refractivity contribution < 1.29 is 18.0 Å². The van der Waals surface area contributed by atoms with Crippen molar-refractivity contribution in [3.05, 3.63) is 78.2 Å². The highest BCUT2D eigenvalue weighted by Gasteiger charge is 2.30. The van der Waals surface area contributed by atoms with Crippen molar-refractivity contribution in [1.82, 2.24) is 9.97 Å². The first-order chi connectivity index (χ1) is 13.8. The van der Waals surface area contributed by atoms with E-state index in [1.807, 2.05) is 0 Å². The molecule has 0 fully saturated rings. The molecule has 3 aromatic rings. The molecule has 0 saturated carbocycles. The smallest absolute Gasteiger partial charge is 0.340 e. The molecule has 29 heavy (non-hydrogen) atoms. The van der Waals surface area contributed by atoms with Crippen molar-refractivity contribution in [2.45, 2.75) is 6.18 Å². The molecule has 0 spiro atoms. The molecule has 5 nitrogen and oxygen atoms in total. The number of benzene rings is 2. The zero-order valence-corrected chi connectivity index (χ0v) is 15.6. The lowest BCUT2D eigenvalue weighted by atomic mass is 10.1. The molecule has 3 rings (SSSR count). The van der Waals surface area contributed by atoms with E-state index in [4.69, 9.17) is 11.6 Å². The topological polar surface area (TPSA) is 66.9 Å². The third kappa shape index (κ3) is 5.11. The molecule has 0 atom stereocenters. The van der Waals surface area contributed by atoms with Gasteiger partial charge in [-0.05, 0) is 53.6 Å². The maximum Gasteiger partial charge on any atom is 0.416 e. The number of nitrogens with zero attached hydrogens (tertiary/aromatic N) is 2. The number of carbonyl (C=O) groups is 1.